The summed E-state index contributed by atoms with van der Waals surface area (Å²) in [7, 11) is 0. The molecule has 2 rings (SSSR count). The van der Waals surface area contributed by atoms with Crippen molar-refractivity contribution >= 4 is 11.8 Å². The maximum absolute atomic E-state index is 12.7. The summed E-state index contributed by atoms with van der Waals surface area (Å²) in [4.78, 5) is 25.1. The highest BCUT2D eigenvalue weighted by atomic mass is 16.3. The van der Waals surface area contributed by atoms with E-state index in [2.05, 4.69) is 17.2 Å². The average molecular weight is 352 g/mol. The molecule has 0 aromatic rings. The zero-order valence-corrected chi connectivity index (χ0v) is 15.1. The van der Waals surface area contributed by atoms with E-state index in [0.29, 0.717) is 6.42 Å². The first-order valence-electron chi connectivity index (χ1n) is 9.44. The molecule has 6 nitrogen and oxygen atoms in total. The normalized spacial score (nSPS) is 22.3. The van der Waals surface area contributed by atoms with Gasteiger partial charge in [-0.15, -0.1) is 6.58 Å². The number of hydrogen-bond acceptors (Lipinski definition) is 4. The molecule has 0 bridgehead atoms. The number of carbonyl (C=O) groups excluding carboxylic acids is 2. The third kappa shape index (κ3) is 5.05. The van der Waals surface area contributed by atoms with Gasteiger partial charge in [-0.2, -0.15) is 0 Å². The summed E-state index contributed by atoms with van der Waals surface area (Å²) >= 11 is 0. The van der Waals surface area contributed by atoms with E-state index in [1.165, 1.54) is 0 Å². The lowest BCUT2D eigenvalue weighted by molar-refractivity contribution is -0.133. The summed E-state index contributed by atoms with van der Waals surface area (Å²) in [5, 5.41) is 25.2. The zero-order valence-electron chi connectivity index (χ0n) is 15.1. The van der Waals surface area contributed by atoms with Crippen LogP contribution in [0.15, 0.2) is 12.7 Å². The fourth-order valence-electron chi connectivity index (χ4n) is 4.17. The van der Waals surface area contributed by atoms with Gasteiger partial charge in [-0.05, 0) is 32.1 Å². The van der Waals surface area contributed by atoms with Gasteiger partial charge in [0.2, 0.25) is 11.8 Å². The van der Waals surface area contributed by atoms with E-state index in [1.54, 1.807) is 6.08 Å². The molecular weight excluding hydrogens is 320 g/mol. The van der Waals surface area contributed by atoms with Crippen LogP contribution in [0, 0.1) is 5.92 Å². The molecular formula is C19H32N2O4. The van der Waals surface area contributed by atoms with Crippen LogP contribution in [0.2, 0.25) is 0 Å². The molecule has 142 valence electrons. The Kier molecular flexibility index (Phi) is 7.02. The minimum Gasteiger partial charge on any atom is -0.394 e. The Balaban J connectivity index is 1.95. The lowest BCUT2D eigenvalue weighted by Crippen LogP contribution is -2.53. The number of allylic oxidation sites excluding steroid dienone is 1. The van der Waals surface area contributed by atoms with Gasteiger partial charge in [-0.1, -0.05) is 31.8 Å². The smallest absolute Gasteiger partial charge is 0.224 e. The Labute approximate surface area is 150 Å². The molecule has 0 spiro atoms. The molecule has 0 aromatic heterocycles. The largest absolute Gasteiger partial charge is 0.394 e. The van der Waals surface area contributed by atoms with E-state index in [4.69, 9.17) is 0 Å². The van der Waals surface area contributed by atoms with Crippen molar-refractivity contribution in [1.82, 2.24) is 10.6 Å². The third-order valence-corrected chi connectivity index (χ3v) is 5.77. The van der Waals surface area contributed by atoms with Gasteiger partial charge in [0.25, 0.3) is 0 Å². The fourth-order valence-corrected chi connectivity index (χ4v) is 4.17. The quantitative estimate of drug-likeness (QED) is 0.472. The van der Waals surface area contributed by atoms with Crippen molar-refractivity contribution in [2.75, 3.05) is 13.2 Å². The minimum atomic E-state index is -0.537. The van der Waals surface area contributed by atoms with Crippen molar-refractivity contribution < 1.29 is 19.8 Å². The predicted octanol–water partition coefficient (Wildman–Crippen LogP) is 1.41. The molecule has 2 amide bonds. The lowest BCUT2D eigenvalue weighted by atomic mass is 9.93. The van der Waals surface area contributed by atoms with E-state index in [0.717, 1.165) is 51.4 Å². The van der Waals surface area contributed by atoms with Crippen LogP contribution in [0.3, 0.4) is 0 Å². The van der Waals surface area contributed by atoms with Gasteiger partial charge < -0.3 is 20.8 Å². The Morgan fingerprint density at radius 1 is 0.960 bits per heavy atom. The standard InChI is InChI=1S/C19H32N2O4/c1-2-7-15(17(25)21-19(14-23)10-5-6-11-19)12-16(24)20-18(13-22)8-3-4-9-18/h2,15,22-23H,1,3-14H2,(H,20,24)(H,21,25)/t15-/m1/s1. The molecule has 25 heavy (non-hydrogen) atoms. The molecule has 2 aliphatic rings. The van der Waals surface area contributed by atoms with Crippen molar-refractivity contribution in [2.45, 2.75) is 75.3 Å². The first kappa shape index (κ1) is 19.9. The second-order valence-electron chi connectivity index (χ2n) is 7.75. The van der Waals surface area contributed by atoms with Crippen LogP contribution < -0.4 is 10.6 Å². The molecule has 0 heterocycles. The van der Waals surface area contributed by atoms with Gasteiger partial charge in [0.05, 0.1) is 30.2 Å². The van der Waals surface area contributed by atoms with Crippen molar-refractivity contribution in [1.29, 1.82) is 0 Å². The molecule has 0 aromatic carbocycles. The second-order valence-corrected chi connectivity index (χ2v) is 7.75. The van der Waals surface area contributed by atoms with Crippen molar-refractivity contribution in [3.63, 3.8) is 0 Å². The summed E-state index contributed by atoms with van der Waals surface area (Å²) in [6.45, 7) is 3.56. The van der Waals surface area contributed by atoms with E-state index >= 15 is 0 Å². The summed E-state index contributed by atoms with van der Waals surface area (Å²) in [6, 6.07) is 0. The molecule has 4 N–H and O–H groups in total. The molecule has 0 saturated heterocycles. The van der Waals surface area contributed by atoms with E-state index in [1.807, 2.05) is 0 Å². The Hall–Kier alpha value is -1.40. The van der Waals surface area contributed by atoms with Gasteiger partial charge in [-0.3, -0.25) is 9.59 Å². The SMILES string of the molecule is C=CC[C@H](CC(=O)NC1(CO)CCCC1)C(=O)NC1(CO)CCCC1. The van der Waals surface area contributed by atoms with Gasteiger partial charge >= 0.3 is 0 Å². The highest BCUT2D eigenvalue weighted by Gasteiger charge is 2.38. The van der Waals surface area contributed by atoms with E-state index < -0.39 is 17.0 Å². The van der Waals surface area contributed by atoms with Crippen molar-refractivity contribution in [3.05, 3.63) is 12.7 Å². The zero-order chi connectivity index (χ0) is 18.3. The number of aliphatic hydroxyl groups excluding tert-OH is 2. The van der Waals surface area contributed by atoms with Crippen molar-refractivity contribution in [3.8, 4) is 0 Å². The van der Waals surface area contributed by atoms with Crippen LogP contribution in [0.1, 0.15) is 64.2 Å². The van der Waals surface area contributed by atoms with Gasteiger partial charge in [-0.25, -0.2) is 0 Å². The second kappa shape index (κ2) is 8.81. The lowest BCUT2D eigenvalue weighted by Gasteiger charge is -2.31. The van der Waals surface area contributed by atoms with E-state index in [9.17, 15) is 19.8 Å². The number of carbonyl (C=O) groups is 2. The maximum Gasteiger partial charge on any atom is 0.224 e. The molecule has 0 unspecified atom stereocenters. The van der Waals surface area contributed by atoms with Crippen LogP contribution in [0.25, 0.3) is 0 Å². The number of hydrogen-bond donors (Lipinski definition) is 4. The maximum atomic E-state index is 12.7. The van der Waals surface area contributed by atoms with Crippen LogP contribution in [0.5, 0.6) is 0 Å². The fraction of sp³-hybridized carbons (Fsp3) is 0.789. The van der Waals surface area contributed by atoms with Gasteiger partial charge in [0, 0.05) is 6.42 Å². The molecule has 6 heteroatoms. The van der Waals surface area contributed by atoms with E-state index in [-0.39, 0.29) is 31.4 Å². The number of nitrogens with one attached hydrogen (secondary N) is 2. The topological polar surface area (TPSA) is 98.7 Å². The summed E-state index contributed by atoms with van der Waals surface area (Å²) in [5.41, 5.74) is -1.06. The van der Waals surface area contributed by atoms with Crippen molar-refractivity contribution in [2.24, 2.45) is 5.92 Å². The Morgan fingerprint density at radius 2 is 1.44 bits per heavy atom. The Morgan fingerprint density at radius 3 is 1.88 bits per heavy atom. The average Bonchev–Trinajstić information content (AvgIpc) is 3.25. The summed E-state index contributed by atoms with van der Waals surface area (Å²) < 4.78 is 0. The minimum absolute atomic E-state index is 0.0648. The predicted molar refractivity (Wildman–Crippen MR) is 95.8 cm³/mol. The molecule has 2 saturated carbocycles. The summed E-state index contributed by atoms with van der Waals surface area (Å²) in [6.07, 6.45) is 9.21. The first-order valence-corrected chi connectivity index (χ1v) is 9.44. The van der Waals surface area contributed by atoms with Crippen LogP contribution in [0.4, 0.5) is 0 Å². The highest BCUT2D eigenvalue weighted by Crippen LogP contribution is 2.31. The molecule has 2 aliphatic carbocycles. The van der Waals surface area contributed by atoms with Crippen LogP contribution >= 0.6 is 0 Å². The van der Waals surface area contributed by atoms with Crippen LogP contribution in [-0.4, -0.2) is 46.3 Å². The molecule has 0 radical (unpaired) electrons. The van der Waals surface area contributed by atoms with Crippen LogP contribution in [-0.2, 0) is 9.59 Å². The number of amides is 2. The molecule has 1 atom stereocenters. The highest BCUT2D eigenvalue weighted by molar-refractivity contribution is 5.86. The first-order chi connectivity index (χ1) is 12.0. The molecule has 2 fully saturated rings. The Bertz CT molecular complexity index is 480. The van der Waals surface area contributed by atoms with Gasteiger partial charge in [0.1, 0.15) is 0 Å². The summed E-state index contributed by atoms with van der Waals surface area (Å²) in [5.74, 6) is -0.906. The number of rotatable bonds is 9. The number of aliphatic hydroxyl groups is 2. The third-order valence-electron chi connectivity index (χ3n) is 5.77. The monoisotopic (exact) mass is 352 g/mol. The molecule has 0 aliphatic heterocycles. The van der Waals surface area contributed by atoms with Gasteiger partial charge in [0.15, 0.2) is 0 Å².